The molecule has 0 spiro atoms. The Hall–Kier alpha value is -1.31. The van der Waals surface area contributed by atoms with E-state index in [4.69, 9.17) is 11.6 Å². The molecule has 1 aromatic heterocycles. The van der Waals surface area contributed by atoms with E-state index >= 15 is 0 Å². The van der Waals surface area contributed by atoms with Crippen molar-refractivity contribution in [2.45, 2.75) is 18.7 Å². The van der Waals surface area contributed by atoms with Crippen LogP contribution in [0.1, 0.15) is 17.6 Å². The molecule has 0 saturated carbocycles. The number of methoxy groups -OCH3 is 1. The molecule has 3 nitrogen and oxygen atoms in total. The fraction of sp³-hybridized carbons (Fsp3) is 0.444. The molecule has 0 amide bonds. The lowest BCUT2D eigenvalue weighted by molar-refractivity contribution is -0.276. The van der Waals surface area contributed by atoms with Crippen molar-refractivity contribution in [3.8, 4) is 11.8 Å². The molecule has 0 aromatic carbocycles. The maximum atomic E-state index is 12.7. The number of aromatic nitrogens is 1. The van der Waals surface area contributed by atoms with Crippen molar-refractivity contribution < 1.29 is 31.4 Å². The Morgan fingerprint density at radius 3 is 2.39 bits per heavy atom. The van der Waals surface area contributed by atoms with Crippen LogP contribution >= 0.6 is 11.6 Å². The number of ether oxygens (including phenoxy) is 2. The summed E-state index contributed by atoms with van der Waals surface area (Å²) in [6.45, 7) is 0. The monoisotopic (exact) mass is 291 g/mol. The second-order valence-electron chi connectivity index (χ2n) is 3.02. The molecule has 0 radical (unpaired) electrons. The highest BCUT2D eigenvalue weighted by atomic mass is 35.5. The lowest BCUT2D eigenvalue weighted by atomic mass is 10.1. The molecule has 0 atom stereocenters. The summed E-state index contributed by atoms with van der Waals surface area (Å²) < 4.78 is 69.7. The summed E-state index contributed by atoms with van der Waals surface area (Å²) >= 11 is 5.39. The maximum absolute atomic E-state index is 12.7. The van der Waals surface area contributed by atoms with Crippen LogP contribution in [0.3, 0.4) is 0 Å². The van der Waals surface area contributed by atoms with Crippen molar-refractivity contribution in [3.63, 3.8) is 0 Å². The van der Waals surface area contributed by atoms with Gasteiger partial charge in [-0.1, -0.05) is 0 Å². The zero-order valence-electron chi connectivity index (χ0n) is 8.89. The van der Waals surface area contributed by atoms with Crippen molar-refractivity contribution in [1.29, 1.82) is 0 Å². The van der Waals surface area contributed by atoms with Crippen LogP contribution in [0.5, 0.6) is 11.8 Å². The summed E-state index contributed by atoms with van der Waals surface area (Å²) in [4.78, 5) is 3.20. The van der Waals surface area contributed by atoms with Gasteiger partial charge in [-0.05, 0) is 5.56 Å². The summed E-state index contributed by atoms with van der Waals surface area (Å²) in [5.41, 5.74) is -1.24. The van der Waals surface area contributed by atoms with Gasteiger partial charge in [0.25, 0.3) is 6.43 Å². The Kier molecular flexibility index (Phi) is 4.55. The van der Waals surface area contributed by atoms with Gasteiger partial charge >= 0.3 is 6.36 Å². The third kappa shape index (κ3) is 3.59. The number of alkyl halides is 6. The molecular weight excluding hydrogens is 285 g/mol. The minimum atomic E-state index is -5.13. The van der Waals surface area contributed by atoms with Crippen molar-refractivity contribution in [3.05, 3.63) is 17.2 Å². The van der Waals surface area contributed by atoms with Crippen molar-refractivity contribution in [2.24, 2.45) is 0 Å². The highest BCUT2D eigenvalue weighted by molar-refractivity contribution is 6.17. The zero-order chi connectivity index (χ0) is 13.9. The number of hydrogen-bond donors (Lipinski definition) is 0. The first-order valence-electron chi connectivity index (χ1n) is 4.46. The summed E-state index contributed by atoms with van der Waals surface area (Å²) in [7, 11) is 1.12. The van der Waals surface area contributed by atoms with E-state index in [-0.39, 0.29) is 11.4 Å². The van der Waals surface area contributed by atoms with E-state index in [9.17, 15) is 22.0 Å². The Balaban J connectivity index is 3.34. The van der Waals surface area contributed by atoms with Crippen LogP contribution in [0.25, 0.3) is 0 Å². The van der Waals surface area contributed by atoms with E-state index in [1.807, 2.05) is 0 Å². The smallest absolute Gasteiger partial charge is 0.481 e. The Bertz CT molecular complexity index is 424. The standard InChI is InChI=1S/C9H7ClF5NO2/c1-17-5-2-4(3-10)6(7(11)12)8(16-5)18-9(13,14)15/h2,7H,3H2,1H3. The van der Waals surface area contributed by atoms with Gasteiger partial charge in [-0.25, -0.2) is 8.78 Å². The highest BCUT2D eigenvalue weighted by Gasteiger charge is 2.35. The van der Waals surface area contributed by atoms with Crippen molar-refractivity contribution in [2.75, 3.05) is 7.11 Å². The van der Waals surface area contributed by atoms with Gasteiger partial charge in [-0.15, -0.1) is 24.8 Å². The molecule has 0 saturated heterocycles. The second-order valence-corrected chi connectivity index (χ2v) is 3.29. The fourth-order valence-corrected chi connectivity index (χ4v) is 1.41. The van der Waals surface area contributed by atoms with Gasteiger partial charge in [0.2, 0.25) is 11.8 Å². The molecule has 0 unspecified atom stereocenters. The average Bonchev–Trinajstić information content (AvgIpc) is 2.25. The van der Waals surface area contributed by atoms with E-state index in [1.165, 1.54) is 0 Å². The predicted molar refractivity (Wildman–Crippen MR) is 52.0 cm³/mol. The van der Waals surface area contributed by atoms with E-state index < -0.39 is 30.1 Å². The normalized spacial score (nSPS) is 11.8. The van der Waals surface area contributed by atoms with Gasteiger partial charge in [0, 0.05) is 11.9 Å². The van der Waals surface area contributed by atoms with E-state index in [0.717, 1.165) is 13.2 Å². The van der Waals surface area contributed by atoms with Gasteiger partial charge in [-0.3, -0.25) is 0 Å². The first-order chi connectivity index (χ1) is 8.28. The van der Waals surface area contributed by atoms with Gasteiger partial charge in [-0.2, -0.15) is 4.98 Å². The molecule has 1 rings (SSSR count). The molecule has 0 aliphatic rings. The van der Waals surface area contributed by atoms with Gasteiger partial charge in [0.1, 0.15) is 0 Å². The number of halogens is 6. The minimum absolute atomic E-state index is 0.238. The number of rotatable bonds is 4. The van der Waals surface area contributed by atoms with Crippen LogP contribution in [0.2, 0.25) is 0 Å². The molecule has 102 valence electrons. The molecule has 1 aromatic rings. The van der Waals surface area contributed by atoms with Crippen molar-refractivity contribution >= 4 is 11.6 Å². The molecule has 0 bridgehead atoms. The van der Waals surface area contributed by atoms with Crippen LogP contribution in [-0.2, 0) is 5.88 Å². The fourth-order valence-electron chi connectivity index (χ4n) is 1.19. The summed E-state index contributed by atoms with van der Waals surface area (Å²) in [5.74, 6) is -1.98. The third-order valence-corrected chi connectivity index (χ3v) is 2.16. The number of pyridine rings is 1. The molecular formula is C9H7ClF5NO2. The highest BCUT2D eigenvalue weighted by Crippen LogP contribution is 2.36. The third-order valence-electron chi connectivity index (χ3n) is 1.87. The average molecular weight is 292 g/mol. The zero-order valence-corrected chi connectivity index (χ0v) is 9.65. The second kappa shape index (κ2) is 5.55. The van der Waals surface area contributed by atoms with Gasteiger partial charge in [0.05, 0.1) is 12.7 Å². The molecule has 9 heteroatoms. The quantitative estimate of drug-likeness (QED) is 0.626. The molecule has 18 heavy (non-hydrogen) atoms. The molecule has 0 aliphatic heterocycles. The topological polar surface area (TPSA) is 31.4 Å². The molecule has 0 fully saturated rings. The molecule has 0 aliphatic carbocycles. The SMILES string of the molecule is COc1cc(CCl)c(C(F)F)c(OC(F)(F)F)n1. The van der Waals surface area contributed by atoms with Crippen LogP contribution in [0.15, 0.2) is 6.07 Å². The Labute approximate surface area is 103 Å². The molecule has 1 heterocycles. The van der Waals surface area contributed by atoms with Gasteiger partial charge < -0.3 is 9.47 Å². The number of nitrogens with zero attached hydrogens (tertiary/aromatic N) is 1. The summed E-state index contributed by atoms with van der Waals surface area (Å²) in [6, 6.07) is 1.03. The van der Waals surface area contributed by atoms with Crippen LogP contribution in [0, 0.1) is 0 Å². The largest absolute Gasteiger partial charge is 0.574 e. The van der Waals surface area contributed by atoms with E-state index in [1.54, 1.807) is 0 Å². The van der Waals surface area contributed by atoms with Gasteiger partial charge in [0.15, 0.2) is 0 Å². The number of hydrogen-bond acceptors (Lipinski definition) is 3. The maximum Gasteiger partial charge on any atom is 0.574 e. The minimum Gasteiger partial charge on any atom is -0.481 e. The van der Waals surface area contributed by atoms with Crippen LogP contribution < -0.4 is 9.47 Å². The first-order valence-corrected chi connectivity index (χ1v) is 4.99. The van der Waals surface area contributed by atoms with E-state index in [0.29, 0.717) is 0 Å². The van der Waals surface area contributed by atoms with E-state index in [2.05, 4.69) is 14.5 Å². The Morgan fingerprint density at radius 1 is 1.39 bits per heavy atom. The Morgan fingerprint density at radius 2 is 2.00 bits per heavy atom. The predicted octanol–water partition coefficient (Wildman–Crippen LogP) is 3.67. The van der Waals surface area contributed by atoms with Crippen LogP contribution in [-0.4, -0.2) is 18.5 Å². The summed E-state index contributed by atoms with van der Waals surface area (Å²) in [5, 5.41) is 0. The summed E-state index contributed by atoms with van der Waals surface area (Å²) in [6.07, 6.45) is -8.33. The van der Waals surface area contributed by atoms with Crippen LogP contribution in [0.4, 0.5) is 22.0 Å². The lowest BCUT2D eigenvalue weighted by Crippen LogP contribution is -2.20. The first kappa shape index (κ1) is 14.7. The lowest BCUT2D eigenvalue weighted by Gasteiger charge is -2.15. The van der Waals surface area contributed by atoms with Crippen molar-refractivity contribution in [1.82, 2.24) is 4.98 Å². The molecule has 0 N–H and O–H groups in total.